The summed E-state index contributed by atoms with van der Waals surface area (Å²) in [4.78, 5) is 43.7. The fraction of sp³-hybridized carbons (Fsp3) is 0.500. The molecule has 9 heteroatoms. The fourth-order valence-corrected chi connectivity index (χ4v) is 5.25. The van der Waals surface area contributed by atoms with E-state index in [4.69, 9.17) is 9.47 Å². The van der Waals surface area contributed by atoms with Crippen molar-refractivity contribution in [1.82, 2.24) is 14.4 Å². The lowest BCUT2D eigenvalue weighted by molar-refractivity contribution is -0.145. The van der Waals surface area contributed by atoms with Crippen molar-refractivity contribution < 1.29 is 19.1 Å². The van der Waals surface area contributed by atoms with E-state index in [2.05, 4.69) is 16.3 Å². The molecule has 2 aliphatic heterocycles. The molecule has 0 unspecified atom stereocenters. The van der Waals surface area contributed by atoms with Gasteiger partial charge in [-0.25, -0.2) is 4.79 Å². The third-order valence-corrected chi connectivity index (χ3v) is 6.93. The SMILES string of the molecule is COC(=O)[C@@H]1CCCN1C(=O)c1c(OC)cc(=O)n2c1CCN(Cc1cccs1)CC2. The average molecular weight is 446 g/mol. The number of hydrogen-bond acceptors (Lipinski definition) is 7. The van der Waals surface area contributed by atoms with Crippen LogP contribution in [0, 0.1) is 0 Å². The largest absolute Gasteiger partial charge is 0.496 e. The van der Waals surface area contributed by atoms with Crippen LogP contribution < -0.4 is 10.3 Å². The molecule has 0 N–H and O–H groups in total. The molecule has 1 saturated heterocycles. The number of ether oxygens (including phenoxy) is 2. The minimum absolute atomic E-state index is 0.174. The van der Waals surface area contributed by atoms with Crippen molar-refractivity contribution in [1.29, 1.82) is 0 Å². The van der Waals surface area contributed by atoms with Crippen LogP contribution in [-0.4, -0.2) is 66.1 Å². The minimum Gasteiger partial charge on any atom is -0.496 e. The Bertz CT molecular complexity index is 1020. The number of thiophene rings is 1. The van der Waals surface area contributed by atoms with E-state index in [-0.39, 0.29) is 17.2 Å². The van der Waals surface area contributed by atoms with E-state index in [9.17, 15) is 14.4 Å². The van der Waals surface area contributed by atoms with Gasteiger partial charge in [-0.05, 0) is 24.3 Å². The Balaban J connectivity index is 1.67. The second-order valence-corrected chi connectivity index (χ2v) is 8.84. The summed E-state index contributed by atoms with van der Waals surface area (Å²) in [6, 6.07) is 4.92. The molecule has 0 radical (unpaired) electrons. The number of esters is 1. The maximum absolute atomic E-state index is 13.6. The van der Waals surface area contributed by atoms with Gasteiger partial charge in [0.15, 0.2) is 0 Å². The number of hydrogen-bond donors (Lipinski definition) is 0. The molecule has 166 valence electrons. The molecule has 1 atom stereocenters. The minimum atomic E-state index is -0.601. The zero-order chi connectivity index (χ0) is 22.0. The van der Waals surface area contributed by atoms with Crippen molar-refractivity contribution in [2.45, 2.75) is 38.4 Å². The zero-order valence-electron chi connectivity index (χ0n) is 17.8. The van der Waals surface area contributed by atoms with Gasteiger partial charge in [0.1, 0.15) is 17.4 Å². The van der Waals surface area contributed by atoms with Crippen LogP contribution in [0.3, 0.4) is 0 Å². The summed E-state index contributed by atoms with van der Waals surface area (Å²) in [5.41, 5.74) is 0.890. The number of methoxy groups -OCH3 is 2. The lowest BCUT2D eigenvalue weighted by Gasteiger charge is -2.25. The van der Waals surface area contributed by atoms with Crippen LogP contribution in [0.15, 0.2) is 28.4 Å². The highest BCUT2D eigenvalue weighted by molar-refractivity contribution is 7.09. The quantitative estimate of drug-likeness (QED) is 0.653. The molecule has 4 rings (SSSR count). The number of likely N-dealkylation sites (tertiary alicyclic amines) is 1. The van der Waals surface area contributed by atoms with E-state index in [1.807, 2.05) is 6.07 Å². The molecule has 2 aliphatic rings. The number of pyridine rings is 1. The number of rotatable bonds is 5. The van der Waals surface area contributed by atoms with E-state index in [0.717, 1.165) is 26.1 Å². The molecular weight excluding hydrogens is 418 g/mol. The molecule has 8 nitrogen and oxygen atoms in total. The topological polar surface area (TPSA) is 81.1 Å². The highest BCUT2D eigenvalue weighted by atomic mass is 32.1. The molecule has 0 bridgehead atoms. The van der Waals surface area contributed by atoms with Gasteiger partial charge in [0, 0.05) is 55.8 Å². The molecule has 31 heavy (non-hydrogen) atoms. The molecule has 0 aromatic carbocycles. The summed E-state index contributed by atoms with van der Waals surface area (Å²) in [5.74, 6) is -0.421. The number of fused-ring (bicyclic) bond motifs is 1. The van der Waals surface area contributed by atoms with Crippen molar-refractivity contribution in [2.75, 3.05) is 33.9 Å². The Morgan fingerprint density at radius 2 is 2.03 bits per heavy atom. The summed E-state index contributed by atoms with van der Waals surface area (Å²) in [6.45, 7) is 3.25. The first-order valence-electron chi connectivity index (χ1n) is 10.5. The first kappa shape index (κ1) is 21.6. The van der Waals surface area contributed by atoms with Gasteiger partial charge in [0.25, 0.3) is 11.5 Å². The van der Waals surface area contributed by atoms with Crippen LogP contribution in [0.1, 0.15) is 33.8 Å². The summed E-state index contributed by atoms with van der Waals surface area (Å²) in [5, 5.41) is 2.06. The number of aromatic nitrogens is 1. The van der Waals surface area contributed by atoms with Crippen molar-refractivity contribution in [3.05, 3.63) is 50.1 Å². The summed E-state index contributed by atoms with van der Waals surface area (Å²) in [7, 11) is 2.80. The van der Waals surface area contributed by atoms with E-state index in [1.54, 1.807) is 20.8 Å². The number of nitrogens with zero attached hydrogens (tertiary/aromatic N) is 3. The molecule has 1 amide bonds. The van der Waals surface area contributed by atoms with E-state index in [1.165, 1.54) is 25.2 Å². The lowest BCUT2D eigenvalue weighted by Crippen LogP contribution is -2.42. The summed E-state index contributed by atoms with van der Waals surface area (Å²) >= 11 is 1.71. The predicted octanol–water partition coefficient (Wildman–Crippen LogP) is 1.75. The molecular formula is C22H27N3O5S. The number of amides is 1. The Labute approximate surface area is 185 Å². The molecule has 2 aromatic heterocycles. The first-order valence-corrected chi connectivity index (χ1v) is 11.4. The van der Waals surface area contributed by atoms with Gasteiger partial charge in [-0.15, -0.1) is 11.3 Å². The van der Waals surface area contributed by atoms with E-state index >= 15 is 0 Å². The number of carbonyl (C=O) groups is 2. The standard InChI is InChI=1S/C22H27N3O5S/c1-29-18-13-19(26)24-11-10-23(14-15-5-4-12-31-15)9-7-16(24)20(18)21(27)25-8-3-6-17(25)22(28)30-2/h4-5,12-13,17H,3,6-11,14H2,1-2H3/t17-/m0/s1. The Morgan fingerprint density at radius 1 is 1.19 bits per heavy atom. The maximum Gasteiger partial charge on any atom is 0.328 e. The van der Waals surface area contributed by atoms with Crippen LogP contribution in [0.5, 0.6) is 5.75 Å². The zero-order valence-corrected chi connectivity index (χ0v) is 18.7. The second-order valence-electron chi connectivity index (χ2n) is 7.81. The third-order valence-electron chi connectivity index (χ3n) is 6.07. The van der Waals surface area contributed by atoms with Crippen LogP contribution in [-0.2, 0) is 29.0 Å². The van der Waals surface area contributed by atoms with Crippen molar-refractivity contribution in [3.8, 4) is 5.75 Å². The van der Waals surface area contributed by atoms with Crippen molar-refractivity contribution >= 4 is 23.2 Å². The Hall–Kier alpha value is -2.65. The normalized spacial score (nSPS) is 19.0. The van der Waals surface area contributed by atoms with E-state index < -0.39 is 12.0 Å². The van der Waals surface area contributed by atoms with Crippen LogP contribution in [0.2, 0.25) is 0 Å². The second kappa shape index (κ2) is 9.23. The molecule has 2 aromatic rings. The summed E-state index contributed by atoms with van der Waals surface area (Å²) < 4.78 is 12.0. The Kier molecular flexibility index (Phi) is 6.43. The van der Waals surface area contributed by atoms with Gasteiger partial charge in [-0.2, -0.15) is 0 Å². The van der Waals surface area contributed by atoms with Gasteiger partial charge < -0.3 is 18.9 Å². The van der Waals surface area contributed by atoms with Crippen LogP contribution in [0.25, 0.3) is 0 Å². The third kappa shape index (κ3) is 4.24. The molecule has 0 aliphatic carbocycles. The summed E-state index contributed by atoms with van der Waals surface area (Å²) in [6.07, 6.45) is 1.86. The molecule has 0 spiro atoms. The van der Waals surface area contributed by atoms with Crippen LogP contribution >= 0.6 is 11.3 Å². The van der Waals surface area contributed by atoms with Gasteiger partial charge in [-0.3, -0.25) is 14.5 Å². The lowest BCUT2D eigenvalue weighted by atomic mass is 10.1. The van der Waals surface area contributed by atoms with Gasteiger partial charge in [0.05, 0.1) is 14.2 Å². The van der Waals surface area contributed by atoms with Gasteiger partial charge in [0.2, 0.25) is 0 Å². The van der Waals surface area contributed by atoms with Gasteiger partial charge >= 0.3 is 5.97 Å². The molecule has 4 heterocycles. The van der Waals surface area contributed by atoms with Crippen molar-refractivity contribution in [3.63, 3.8) is 0 Å². The van der Waals surface area contributed by atoms with Gasteiger partial charge in [-0.1, -0.05) is 6.07 Å². The molecule has 1 fully saturated rings. The average Bonchev–Trinajstić information content (AvgIpc) is 3.42. The number of carbonyl (C=O) groups excluding carboxylic acids is 2. The van der Waals surface area contributed by atoms with Crippen molar-refractivity contribution in [2.24, 2.45) is 0 Å². The molecule has 0 saturated carbocycles. The first-order chi connectivity index (χ1) is 15.0. The monoisotopic (exact) mass is 445 g/mol. The Morgan fingerprint density at radius 3 is 2.74 bits per heavy atom. The predicted molar refractivity (Wildman–Crippen MR) is 117 cm³/mol. The fourth-order valence-electron chi connectivity index (χ4n) is 4.50. The van der Waals surface area contributed by atoms with Crippen LogP contribution in [0.4, 0.5) is 0 Å². The van der Waals surface area contributed by atoms with E-state index in [0.29, 0.717) is 37.2 Å². The highest BCUT2D eigenvalue weighted by Gasteiger charge is 2.38. The highest BCUT2D eigenvalue weighted by Crippen LogP contribution is 2.29. The maximum atomic E-state index is 13.6. The smallest absolute Gasteiger partial charge is 0.328 e.